The van der Waals surface area contributed by atoms with E-state index in [9.17, 15) is 4.79 Å². The second-order valence-corrected chi connectivity index (χ2v) is 6.65. The van der Waals surface area contributed by atoms with Gasteiger partial charge in [0.05, 0.1) is 6.04 Å². The Morgan fingerprint density at radius 1 is 1.42 bits per heavy atom. The Balaban J connectivity index is 1.63. The minimum absolute atomic E-state index is 0.0768. The van der Waals surface area contributed by atoms with Crippen LogP contribution in [0.25, 0.3) is 0 Å². The van der Waals surface area contributed by atoms with Crippen LogP contribution in [0.3, 0.4) is 0 Å². The Bertz CT molecular complexity index is 650. The topological polar surface area (TPSA) is 64.2 Å². The second kappa shape index (κ2) is 7.64. The van der Waals surface area contributed by atoms with Gasteiger partial charge >= 0.3 is 0 Å². The SMILES string of the molecule is CCc1ccc([C@H]2C[C@@H](C)CCN2C(=O)CCCn2cncn2)o1. The molecule has 6 nitrogen and oxygen atoms in total. The largest absolute Gasteiger partial charge is 0.464 e. The Hall–Kier alpha value is -2.11. The molecule has 0 aromatic carbocycles. The van der Waals surface area contributed by atoms with Gasteiger partial charge in [0.15, 0.2) is 0 Å². The standard InChI is InChI=1S/C18H26N4O2/c1-3-15-6-7-17(24-15)16-11-14(2)8-10-22(16)18(23)5-4-9-21-13-19-12-20-21/h6-7,12-14,16H,3-5,8-11H2,1-2H3/t14-,16+/m0/s1. The first-order valence-electron chi connectivity index (χ1n) is 8.88. The average Bonchev–Trinajstić information content (AvgIpc) is 3.26. The predicted octanol–water partition coefficient (Wildman–Crippen LogP) is 3.21. The van der Waals surface area contributed by atoms with Gasteiger partial charge in [-0.2, -0.15) is 5.10 Å². The first-order chi connectivity index (χ1) is 11.7. The van der Waals surface area contributed by atoms with Gasteiger partial charge in [-0.1, -0.05) is 13.8 Å². The van der Waals surface area contributed by atoms with Crippen molar-refractivity contribution >= 4 is 5.91 Å². The Morgan fingerprint density at radius 2 is 2.29 bits per heavy atom. The molecule has 0 N–H and O–H groups in total. The van der Waals surface area contributed by atoms with E-state index < -0.39 is 0 Å². The van der Waals surface area contributed by atoms with Crippen molar-refractivity contribution in [3.63, 3.8) is 0 Å². The predicted molar refractivity (Wildman–Crippen MR) is 90.2 cm³/mol. The van der Waals surface area contributed by atoms with Gasteiger partial charge in [-0.25, -0.2) is 4.98 Å². The minimum atomic E-state index is 0.0768. The molecule has 1 aliphatic rings. The van der Waals surface area contributed by atoms with E-state index >= 15 is 0 Å². The maximum absolute atomic E-state index is 12.7. The van der Waals surface area contributed by atoms with Crippen LogP contribution in [0.5, 0.6) is 0 Å². The summed E-state index contributed by atoms with van der Waals surface area (Å²) in [4.78, 5) is 18.7. The maximum atomic E-state index is 12.7. The summed E-state index contributed by atoms with van der Waals surface area (Å²) in [5.74, 6) is 2.75. The number of piperidine rings is 1. The molecule has 0 radical (unpaired) electrons. The lowest BCUT2D eigenvalue weighted by Gasteiger charge is -2.37. The highest BCUT2D eigenvalue weighted by Gasteiger charge is 2.32. The van der Waals surface area contributed by atoms with Gasteiger partial charge in [0, 0.05) is 25.9 Å². The van der Waals surface area contributed by atoms with Crippen LogP contribution >= 0.6 is 0 Å². The van der Waals surface area contributed by atoms with E-state index in [0.717, 1.165) is 50.3 Å². The zero-order chi connectivity index (χ0) is 16.9. The number of aromatic nitrogens is 3. The number of hydrogen-bond donors (Lipinski definition) is 0. The summed E-state index contributed by atoms with van der Waals surface area (Å²) in [6.07, 6.45) is 7.44. The highest BCUT2D eigenvalue weighted by Crippen LogP contribution is 2.35. The fraction of sp³-hybridized carbons (Fsp3) is 0.611. The number of furan rings is 1. The van der Waals surface area contributed by atoms with Crippen molar-refractivity contribution in [2.45, 2.75) is 58.5 Å². The molecule has 0 aliphatic carbocycles. The molecule has 0 unspecified atom stereocenters. The van der Waals surface area contributed by atoms with Gasteiger partial charge in [-0.3, -0.25) is 9.48 Å². The number of likely N-dealkylation sites (tertiary alicyclic amines) is 1. The van der Waals surface area contributed by atoms with Gasteiger partial charge in [-0.15, -0.1) is 0 Å². The third kappa shape index (κ3) is 3.86. The van der Waals surface area contributed by atoms with Crippen LogP contribution in [0, 0.1) is 5.92 Å². The Morgan fingerprint density at radius 3 is 3.00 bits per heavy atom. The monoisotopic (exact) mass is 330 g/mol. The zero-order valence-electron chi connectivity index (χ0n) is 14.5. The molecule has 1 amide bonds. The van der Waals surface area contributed by atoms with Crippen molar-refractivity contribution in [2.24, 2.45) is 5.92 Å². The molecular weight excluding hydrogens is 304 g/mol. The number of aryl methyl sites for hydroxylation is 2. The smallest absolute Gasteiger partial charge is 0.223 e. The summed E-state index contributed by atoms with van der Waals surface area (Å²) in [5.41, 5.74) is 0. The molecule has 0 saturated carbocycles. The van der Waals surface area contributed by atoms with Crippen molar-refractivity contribution in [3.8, 4) is 0 Å². The van der Waals surface area contributed by atoms with E-state index in [1.807, 2.05) is 17.0 Å². The lowest BCUT2D eigenvalue weighted by atomic mass is 9.90. The van der Waals surface area contributed by atoms with Crippen LogP contribution in [0.4, 0.5) is 0 Å². The van der Waals surface area contributed by atoms with Crippen molar-refractivity contribution in [1.29, 1.82) is 0 Å². The number of carbonyl (C=O) groups excluding carboxylic acids is 1. The molecule has 2 aromatic rings. The van der Waals surface area contributed by atoms with Crippen molar-refractivity contribution in [2.75, 3.05) is 6.54 Å². The molecule has 6 heteroatoms. The highest BCUT2D eigenvalue weighted by atomic mass is 16.3. The third-order valence-corrected chi connectivity index (χ3v) is 4.79. The van der Waals surface area contributed by atoms with Crippen LogP contribution < -0.4 is 0 Å². The molecule has 3 heterocycles. The summed E-state index contributed by atoms with van der Waals surface area (Å²) in [5, 5.41) is 4.08. The van der Waals surface area contributed by atoms with Gasteiger partial charge in [0.25, 0.3) is 0 Å². The highest BCUT2D eigenvalue weighted by molar-refractivity contribution is 5.76. The maximum Gasteiger partial charge on any atom is 0.223 e. The quantitative estimate of drug-likeness (QED) is 0.816. The average molecular weight is 330 g/mol. The molecule has 2 atom stereocenters. The van der Waals surface area contributed by atoms with Gasteiger partial charge in [0.1, 0.15) is 24.2 Å². The third-order valence-electron chi connectivity index (χ3n) is 4.79. The molecule has 0 spiro atoms. The molecular formula is C18H26N4O2. The first-order valence-corrected chi connectivity index (χ1v) is 8.88. The van der Waals surface area contributed by atoms with E-state index in [-0.39, 0.29) is 11.9 Å². The summed E-state index contributed by atoms with van der Waals surface area (Å²) >= 11 is 0. The Labute approximate surface area is 142 Å². The molecule has 130 valence electrons. The first kappa shape index (κ1) is 16.7. The van der Waals surface area contributed by atoms with E-state index in [4.69, 9.17) is 4.42 Å². The molecule has 0 bridgehead atoms. The van der Waals surface area contributed by atoms with Crippen molar-refractivity contribution in [1.82, 2.24) is 19.7 Å². The summed E-state index contributed by atoms with van der Waals surface area (Å²) in [6.45, 7) is 5.87. The van der Waals surface area contributed by atoms with Crippen molar-refractivity contribution < 1.29 is 9.21 Å². The van der Waals surface area contributed by atoms with Crippen molar-refractivity contribution in [3.05, 3.63) is 36.3 Å². The van der Waals surface area contributed by atoms with Crippen LogP contribution in [0.2, 0.25) is 0 Å². The number of amides is 1. The van der Waals surface area contributed by atoms with Crippen LogP contribution in [-0.4, -0.2) is 32.1 Å². The summed E-state index contributed by atoms with van der Waals surface area (Å²) in [6, 6.07) is 4.15. The van der Waals surface area contributed by atoms with Crippen LogP contribution in [0.15, 0.2) is 29.2 Å². The van der Waals surface area contributed by atoms with Gasteiger partial charge < -0.3 is 9.32 Å². The fourth-order valence-electron chi connectivity index (χ4n) is 3.36. The lowest BCUT2D eigenvalue weighted by Crippen LogP contribution is -2.40. The number of carbonyl (C=O) groups is 1. The van der Waals surface area contributed by atoms with Crippen LogP contribution in [0.1, 0.15) is 57.1 Å². The van der Waals surface area contributed by atoms with E-state index in [1.165, 1.54) is 6.33 Å². The molecule has 3 rings (SSSR count). The fourth-order valence-corrected chi connectivity index (χ4v) is 3.36. The van der Waals surface area contributed by atoms with E-state index in [1.54, 1.807) is 11.0 Å². The number of nitrogens with zero attached hydrogens (tertiary/aromatic N) is 4. The summed E-state index contributed by atoms with van der Waals surface area (Å²) < 4.78 is 7.72. The zero-order valence-corrected chi connectivity index (χ0v) is 14.5. The molecule has 1 saturated heterocycles. The van der Waals surface area contributed by atoms with Gasteiger partial charge in [0.2, 0.25) is 5.91 Å². The second-order valence-electron chi connectivity index (χ2n) is 6.65. The molecule has 1 fully saturated rings. The lowest BCUT2D eigenvalue weighted by molar-refractivity contribution is -0.136. The summed E-state index contributed by atoms with van der Waals surface area (Å²) in [7, 11) is 0. The van der Waals surface area contributed by atoms with Crippen LogP contribution in [-0.2, 0) is 17.8 Å². The van der Waals surface area contributed by atoms with E-state index in [2.05, 4.69) is 23.9 Å². The normalized spacial score (nSPS) is 21.2. The number of hydrogen-bond acceptors (Lipinski definition) is 4. The molecule has 1 aliphatic heterocycles. The van der Waals surface area contributed by atoms with Gasteiger partial charge in [-0.05, 0) is 37.3 Å². The van der Waals surface area contributed by atoms with E-state index in [0.29, 0.717) is 12.3 Å². The minimum Gasteiger partial charge on any atom is -0.464 e. The molecule has 2 aromatic heterocycles. The Kier molecular flexibility index (Phi) is 5.33. The molecule has 24 heavy (non-hydrogen) atoms. The number of rotatable bonds is 6.